The van der Waals surface area contributed by atoms with E-state index in [1.807, 2.05) is 0 Å². The molecular weight excluding hydrogens is 397 g/mol. The summed E-state index contributed by atoms with van der Waals surface area (Å²) in [6.45, 7) is 0.716. The summed E-state index contributed by atoms with van der Waals surface area (Å²) in [5.74, 6) is -0.436. The summed E-state index contributed by atoms with van der Waals surface area (Å²) in [6.07, 6.45) is 2.89. The van der Waals surface area contributed by atoms with Crippen LogP contribution in [0, 0.1) is 5.82 Å². The van der Waals surface area contributed by atoms with Crippen LogP contribution in [0.15, 0.2) is 59.8 Å². The monoisotopic (exact) mass is 417 g/mol. The molecule has 2 aromatic carbocycles. The molecule has 4 rings (SSSR count). The van der Waals surface area contributed by atoms with E-state index in [1.54, 1.807) is 30.3 Å². The molecule has 0 N–H and O–H groups in total. The SMILES string of the molecule is O=S(=O)(c1ccc(-n2cnnn2)cc1)N(Cc1ccccc1F)CC1CCCO1. The molecule has 8 nitrogen and oxygen atoms in total. The van der Waals surface area contributed by atoms with Crippen molar-refractivity contribution in [3.63, 3.8) is 0 Å². The van der Waals surface area contributed by atoms with Crippen molar-refractivity contribution in [3.8, 4) is 5.69 Å². The third-order valence-corrected chi connectivity index (χ3v) is 6.65. The minimum Gasteiger partial charge on any atom is -0.377 e. The maximum absolute atomic E-state index is 14.2. The van der Waals surface area contributed by atoms with Crippen molar-refractivity contribution in [1.29, 1.82) is 0 Å². The van der Waals surface area contributed by atoms with Gasteiger partial charge >= 0.3 is 0 Å². The molecule has 152 valence electrons. The maximum atomic E-state index is 14.2. The second-order valence-corrected chi connectivity index (χ2v) is 8.71. The predicted molar refractivity (Wildman–Crippen MR) is 102 cm³/mol. The first-order valence-electron chi connectivity index (χ1n) is 9.22. The van der Waals surface area contributed by atoms with Crippen molar-refractivity contribution in [2.24, 2.45) is 0 Å². The van der Waals surface area contributed by atoms with Crippen LogP contribution in [-0.2, 0) is 21.3 Å². The summed E-state index contributed by atoms with van der Waals surface area (Å²) in [5.41, 5.74) is 0.952. The van der Waals surface area contributed by atoms with Crippen LogP contribution in [-0.4, -0.2) is 52.2 Å². The Bertz CT molecular complexity index is 1050. The highest BCUT2D eigenvalue weighted by Crippen LogP contribution is 2.24. The maximum Gasteiger partial charge on any atom is 0.243 e. The lowest BCUT2D eigenvalue weighted by Crippen LogP contribution is -2.37. The van der Waals surface area contributed by atoms with Gasteiger partial charge in [-0.25, -0.2) is 17.5 Å². The number of tetrazole rings is 1. The molecule has 1 aromatic heterocycles. The first-order valence-corrected chi connectivity index (χ1v) is 10.7. The smallest absolute Gasteiger partial charge is 0.243 e. The lowest BCUT2D eigenvalue weighted by atomic mass is 10.2. The molecule has 0 aliphatic carbocycles. The Morgan fingerprint density at radius 2 is 1.97 bits per heavy atom. The number of aromatic nitrogens is 4. The second kappa shape index (κ2) is 8.36. The molecule has 1 atom stereocenters. The van der Waals surface area contributed by atoms with E-state index in [1.165, 1.54) is 33.5 Å². The summed E-state index contributed by atoms with van der Waals surface area (Å²) in [6, 6.07) is 12.4. The number of hydrogen-bond donors (Lipinski definition) is 0. The average Bonchev–Trinajstić information content (AvgIpc) is 3.43. The van der Waals surface area contributed by atoms with Gasteiger partial charge in [-0.3, -0.25) is 0 Å². The number of nitrogens with zero attached hydrogens (tertiary/aromatic N) is 5. The fourth-order valence-corrected chi connectivity index (χ4v) is 4.73. The van der Waals surface area contributed by atoms with Crippen LogP contribution < -0.4 is 0 Å². The standard InChI is InChI=1S/C19H20FN5O3S/c20-19-6-2-1-4-15(19)12-24(13-17-5-3-11-28-17)29(26,27)18-9-7-16(8-10-18)25-14-21-22-23-25/h1-2,4,6-10,14,17H,3,5,11-13H2. The van der Waals surface area contributed by atoms with Crippen molar-refractivity contribution < 1.29 is 17.5 Å². The van der Waals surface area contributed by atoms with E-state index in [-0.39, 0.29) is 24.1 Å². The molecule has 29 heavy (non-hydrogen) atoms. The van der Waals surface area contributed by atoms with Crippen LogP contribution in [0.2, 0.25) is 0 Å². The van der Waals surface area contributed by atoms with Gasteiger partial charge < -0.3 is 4.74 Å². The van der Waals surface area contributed by atoms with Gasteiger partial charge in [0.05, 0.1) is 16.7 Å². The van der Waals surface area contributed by atoms with Gasteiger partial charge in [0.15, 0.2) is 0 Å². The van der Waals surface area contributed by atoms with Crippen LogP contribution in [0.1, 0.15) is 18.4 Å². The van der Waals surface area contributed by atoms with Crippen LogP contribution in [0.5, 0.6) is 0 Å². The molecule has 0 amide bonds. The van der Waals surface area contributed by atoms with E-state index in [4.69, 9.17) is 4.74 Å². The number of sulfonamides is 1. The van der Waals surface area contributed by atoms with Crippen molar-refractivity contribution in [2.75, 3.05) is 13.2 Å². The van der Waals surface area contributed by atoms with Crippen molar-refractivity contribution in [1.82, 2.24) is 24.5 Å². The average molecular weight is 417 g/mol. The third kappa shape index (κ3) is 4.34. The molecule has 0 bridgehead atoms. The van der Waals surface area contributed by atoms with Gasteiger partial charge in [0.1, 0.15) is 12.1 Å². The molecule has 3 aromatic rings. The molecule has 1 unspecified atom stereocenters. The molecule has 0 spiro atoms. The number of rotatable bonds is 7. The van der Waals surface area contributed by atoms with Crippen molar-refractivity contribution in [3.05, 3.63) is 66.2 Å². The molecule has 1 aliphatic rings. The summed E-state index contributed by atoms with van der Waals surface area (Å²) >= 11 is 0. The minimum absolute atomic E-state index is 0.0659. The molecule has 1 fully saturated rings. The minimum atomic E-state index is -3.86. The highest BCUT2D eigenvalue weighted by Gasteiger charge is 2.30. The Morgan fingerprint density at radius 1 is 1.17 bits per heavy atom. The molecule has 1 aliphatic heterocycles. The van der Waals surface area contributed by atoms with Crippen LogP contribution >= 0.6 is 0 Å². The van der Waals surface area contributed by atoms with Gasteiger partial charge in [-0.1, -0.05) is 18.2 Å². The van der Waals surface area contributed by atoms with E-state index in [0.29, 0.717) is 17.9 Å². The summed E-state index contributed by atoms with van der Waals surface area (Å²) in [5, 5.41) is 10.9. The number of hydrogen-bond acceptors (Lipinski definition) is 6. The summed E-state index contributed by atoms with van der Waals surface area (Å²) in [4.78, 5) is 0.115. The van der Waals surface area contributed by atoms with Gasteiger partial charge in [0, 0.05) is 25.3 Å². The normalized spacial score (nSPS) is 17.1. The van der Waals surface area contributed by atoms with E-state index >= 15 is 0 Å². The number of benzene rings is 2. The summed E-state index contributed by atoms with van der Waals surface area (Å²) in [7, 11) is -3.86. The van der Waals surface area contributed by atoms with E-state index in [2.05, 4.69) is 15.5 Å². The molecule has 10 heteroatoms. The number of halogens is 1. The lowest BCUT2D eigenvalue weighted by molar-refractivity contribution is 0.0924. The number of ether oxygens (including phenoxy) is 1. The van der Waals surface area contributed by atoms with Gasteiger partial charge in [-0.05, 0) is 53.6 Å². The first-order chi connectivity index (χ1) is 14.0. The molecule has 0 saturated carbocycles. The quantitative estimate of drug-likeness (QED) is 0.585. The first kappa shape index (κ1) is 19.6. The Balaban J connectivity index is 1.63. The molecule has 1 saturated heterocycles. The van der Waals surface area contributed by atoms with Gasteiger partial charge in [-0.15, -0.1) is 5.10 Å². The van der Waals surface area contributed by atoms with Gasteiger partial charge in [0.2, 0.25) is 10.0 Å². The van der Waals surface area contributed by atoms with Crippen molar-refractivity contribution in [2.45, 2.75) is 30.4 Å². The molecular formula is C19H20FN5O3S. The highest BCUT2D eigenvalue weighted by atomic mass is 32.2. The van der Waals surface area contributed by atoms with E-state index < -0.39 is 15.8 Å². The van der Waals surface area contributed by atoms with Crippen LogP contribution in [0.3, 0.4) is 0 Å². The summed E-state index contributed by atoms with van der Waals surface area (Å²) < 4.78 is 49.2. The zero-order chi connectivity index (χ0) is 20.3. The third-order valence-electron chi connectivity index (χ3n) is 4.82. The van der Waals surface area contributed by atoms with Crippen molar-refractivity contribution >= 4 is 10.0 Å². The topological polar surface area (TPSA) is 90.2 Å². The zero-order valence-electron chi connectivity index (χ0n) is 15.6. The Morgan fingerprint density at radius 3 is 2.62 bits per heavy atom. The van der Waals surface area contributed by atoms with E-state index in [0.717, 1.165) is 12.8 Å². The predicted octanol–water partition coefficient (Wildman–Crippen LogP) is 2.17. The fourth-order valence-electron chi connectivity index (χ4n) is 3.28. The van der Waals surface area contributed by atoms with Gasteiger partial charge in [-0.2, -0.15) is 4.31 Å². The van der Waals surface area contributed by atoms with Crippen LogP contribution in [0.25, 0.3) is 5.69 Å². The Kier molecular flexibility index (Phi) is 5.65. The zero-order valence-corrected chi connectivity index (χ0v) is 16.4. The second-order valence-electron chi connectivity index (χ2n) is 6.77. The molecule has 2 heterocycles. The van der Waals surface area contributed by atoms with Gasteiger partial charge in [0.25, 0.3) is 0 Å². The Labute approximate surface area is 168 Å². The largest absolute Gasteiger partial charge is 0.377 e. The fraction of sp³-hybridized carbons (Fsp3) is 0.316. The van der Waals surface area contributed by atoms with E-state index in [9.17, 15) is 12.8 Å². The molecule has 0 radical (unpaired) electrons. The Hall–Kier alpha value is -2.69. The lowest BCUT2D eigenvalue weighted by Gasteiger charge is -2.25. The van der Waals surface area contributed by atoms with Crippen LogP contribution in [0.4, 0.5) is 4.39 Å². The highest BCUT2D eigenvalue weighted by molar-refractivity contribution is 7.89.